The minimum Gasteiger partial charge on any atom is -0.507 e. The molecule has 5 nitrogen and oxygen atoms in total. The van der Waals surface area contributed by atoms with Gasteiger partial charge in [-0.1, -0.05) is 80.1 Å². The molecule has 0 aliphatic rings. The lowest BCUT2D eigenvalue weighted by atomic mass is 10.0. The Hall–Kier alpha value is -3.73. The van der Waals surface area contributed by atoms with Gasteiger partial charge in [0.05, 0.1) is 12.2 Å². The van der Waals surface area contributed by atoms with Gasteiger partial charge in [-0.2, -0.15) is 0 Å². The number of aryl methyl sites for hydroxylation is 4. The van der Waals surface area contributed by atoms with Crippen molar-refractivity contribution >= 4 is 0 Å². The molecule has 0 spiro atoms. The number of nitrogens with zero attached hydrogens (tertiary/aromatic N) is 3. The molecule has 0 aliphatic heterocycles. The van der Waals surface area contributed by atoms with E-state index in [0.717, 1.165) is 35.1 Å². The van der Waals surface area contributed by atoms with Crippen LogP contribution in [0.3, 0.4) is 0 Å². The van der Waals surface area contributed by atoms with E-state index in [1.54, 1.807) is 6.07 Å². The van der Waals surface area contributed by atoms with E-state index in [-0.39, 0.29) is 5.75 Å². The first kappa shape index (κ1) is 26.3. The van der Waals surface area contributed by atoms with Crippen LogP contribution in [-0.2, 0) is 0 Å². The number of aromatic nitrogens is 3. The van der Waals surface area contributed by atoms with Crippen molar-refractivity contribution in [1.82, 2.24) is 15.0 Å². The molecule has 1 N–H and O–H groups in total. The number of benzene rings is 3. The lowest BCUT2D eigenvalue weighted by Crippen LogP contribution is -2.02. The second-order valence-electron chi connectivity index (χ2n) is 9.88. The lowest BCUT2D eigenvalue weighted by molar-refractivity contribution is 0.303. The summed E-state index contributed by atoms with van der Waals surface area (Å²) in [5, 5.41) is 10.9. The van der Waals surface area contributed by atoms with Gasteiger partial charge in [0, 0.05) is 17.2 Å². The fraction of sp³-hybridized carbons (Fsp3) is 0.344. The van der Waals surface area contributed by atoms with Gasteiger partial charge in [0.25, 0.3) is 0 Å². The molecule has 0 amide bonds. The Morgan fingerprint density at radius 3 is 1.65 bits per heavy atom. The van der Waals surface area contributed by atoms with Crippen molar-refractivity contribution in [2.24, 2.45) is 0 Å². The second kappa shape index (κ2) is 12.0. The van der Waals surface area contributed by atoms with Gasteiger partial charge in [0.15, 0.2) is 17.5 Å². The van der Waals surface area contributed by atoms with Crippen LogP contribution in [0.5, 0.6) is 11.5 Å². The van der Waals surface area contributed by atoms with E-state index >= 15 is 0 Å². The number of rotatable bonds is 10. The number of hydrogen-bond donors (Lipinski definition) is 1. The number of phenols is 1. The van der Waals surface area contributed by atoms with E-state index < -0.39 is 0 Å². The molecule has 0 fully saturated rings. The van der Waals surface area contributed by atoms with Crippen molar-refractivity contribution in [1.29, 1.82) is 0 Å². The van der Waals surface area contributed by atoms with Gasteiger partial charge in [0.2, 0.25) is 0 Å². The maximum atomic E-state index is 10.9. The molecule has 3 aromatic carbocycles. The van der Waals surface area contributed by atoms with Crippen LogP contribution in [0.15, 0.2) is 54.6 Å². The average Bonchev–Trinajstić information content (AvgIpc) is 2.86. The molecule has 0 radical (unpaired) electrons. The molecule has 4 aromatic rings. The molecule has 1 aromatic heterocycles. The summed E-state index contributed by atoms with van der Waals surface area (Å²) in [6.07, 6.45) is 5.88. The van der Waals surface area contributed by atoms with Gasteiger partial charge in [-0.15, -0.1) is 0 Å². The van der Waals surface area contributed by atoms with Crippen LogP contribution in [-0.4, -0.2) is 26.7 Å². The largest absolute Gasteiger partial charge is 0.507 e. The average molecular weight is 496 g/mol. The second-order valence-corrected chi connectivity index (χ2v) is 9.88. The predicted molar refractivity (Wildman–Crippen MR) is 151 cm³/mol. The first-order valence-electron chi connectivity index (χ1n) is 13.2. The highest BCUT2D eigenvalue weighted by molar-refractivity contribution is 5.72. The maximum absolute atomic E-state index is 10.9. The monoisotopic (exact) mass is 495 g/mol. The molecule has 0 atom stereocenters. The molecule has 0 bridgehead atoms. The van der Waals surface area contributed by atoms with Gasteiger partial charge in [-0.3, -0.25) is 0 Å². The van der Waals surface area contributed by atoms with E-state index in [2.05, 4.69) is 58.9 Å². The van der Waals surface area contributed by atoms with Gasteiger partial charge in [0.1, 0.15) is 11.5 Å². The standard InChI is InChI=1S/C32H37N3O2/c1-6-7-8-9-10-17-37-25-13-16-28(29(36)20-25)32-34-30(26-14-11-21(2)18-23(26)4)33-31(35-32)27-15-12-22(3)19-24(27)5/h11-16,18-20,36H,6-10,17H2,1-5H3. The Morgan fingerprint density at radius 2 is 1.14 bits per heavy atom. The van der Waals surface area contributed by atoms with Crippen LogP contribution < -0.4 is 4.74 Å². The van der Waals surface area contributed by atoms with E-state index in [4.69, 9.17) is 19.7 Å². The van der Waals surface area contributed by atoms with E-state index in [1.165, 1.54) is 30.4 Å². The summed E-state index contributed by atoms with van der Waals surface area (Å²) in [5.41, 5.74) is 7.00. The van der Waals surface area contributed by atoms with E-state index in [1.807, 2.05) is 24.3 Å². The highest BCUT2D eigenvalue weighted by atomic mass is 16.5. The first-order valence-corrected chi connectivity index (χ1v) is 13.2. The van der Waals surface area contributed by atoms with E-state index in [0.29, 0.717) is 35.4 Å². The maximum Gasteiger partial charge on any atom is 0.167 e. The van der Waals surface area contributed by atoms with Crippen molar-refractivity contribution in [2.75, 3.05) is 6.61 Å². The number of unbranched alkanes of at least 4 members (excludes halogenated alkanes) is 4. The lowest BCUT2D eigenvalue weighted by Gasteiger charge is -2.13. The zero-order valence-electron chi connectivity index (χ0n) is 22.6. The SMILES string of the molecule is CCCCCCCOc1ccc(-c2nc(-c3ccc(C)cc3C)nc(-c3ccc(C)cc3C)n2)c(O)c1. The van der Waals surface area contributed by atoms with Crippen LogP contribution in [0.2, 0.25) is 0 Å². The third kappa shape index (κ3) is 6.53. The summed E-state index contributed by atoms with van der Waals surface area (Å²) in [4.78, 5) is 14.5. The zero-order chi connectivity index (χ0) is 26.4. The Bertz CT molecular complexity index is 1310. The van der Waals surface area contributed by atoms with Crippen LogP contribution in [0.1, 0.15) is 61.3 Å². The molecule has 37 heavy (non-hydrogen) atoms. The molecule has 4 rings (SSSR count). The Labute approximate surface area is 220 Å². The Balaban J connectivity index is 1.70. The van der Waals surface area contributed by atoms with Crippen LogP contribution in [0.25, 0.3) is 34.2 Å². The van der Waals surface area contributed by atoms with Crippen molar-refractivity contribution < 1.29 is 9.84 Å². The fourth-order valence-electron chi connectivity index (χ4n) is 4.55. The van der Waals surface area contributed by atoms with Crippen LogP contribution in [0.4, 0.5) is 0 Å². The van der Waals surface area contributed by atoms with Gasteiger partial charge in [-0.25, -0.2) is 15.0 Å². The quantitative estimate of drug-likeness (QED) is 0.225. The van der Waals surface area contributed by atoms with Gasteiger partial charge in [-0.05, 0) is 57.4 Å². The third-order valence-electron chi connectivity index (χ3n) is 6.61. The minimum atomic E-state index is 0.0906. The van der Waals surface area contributed by atoms with Crippen molar-refractivity contribution in [2.45, 2.75) is 66.7 Å². The number of ether oxygens (including phenoxy) is 1. The molecule has 0 aliphatic carbocycles. The molecule has 0 saturated heterocycles. The number of hydrogen-bond acceptors (Lipinski definition) is 5. The summed E-state index contributed by atoms with van der Waals surface area (Å²) in [7, 11) is 0. The highest BCUT2D eigenvalue weighted by Crippen LogP contribution is 2.34. The summed E-state index contributed by atoms with van der Waals surface area (Å²) < 4.78 is 5.88. The normalized spacial score (nSPS) is 11.1. The molecule has 0 unspecified atom stereocenters. The van der Waals surface area contributed by atoms with Gasteiger partial charge >= 0.3 is 0 Å². The molecule has 1 heterocycles. The molecular weight excluding hydrogens is 458 g/mol. The smallest absolute Gasteiger partial charge is 0.167 e. The number of phenolic OH excluding ortho intramolecular Hbond substituents is 1. The van der Waals surface area contributed by atoms with Crippen molar-refractivity contribution in [3.8, 4) is 45.7 Å². The molecule has 0 saturated carbocycles. The van der Waals surface area contributed by atoms with Gasteiger partial charge < -0.3 is 9.84 Å². The molecule has 5 heteroatoms. The van der Waals surface area contributed by atoms with E-state index in [9.17, 15) is 5.11 Å². The van der Waals surface area contributed by atoms with Crippen LogP contribution in [0, 0.1) is 27.7 Å². The first-order chi connectivity index (χ1) is 17.9. The van der Waals surface area contributed by atoms with Crippen molar-refractivity contribution in [3.05, 3.63) is 76.9 Å². The fourth-order valence-corrected chi connectivity index (χ4v) is 4.55. The van der Waals surface area contributed by atoms with Crippen LogP contribution >= 0.6 is 0 Å². The number of aromatic hydroxyl groups is 1. The topological polar surface area (TPSA) is 68.1 Å². The zero-order valence-corrected chi connectivity index (χ0v) is 22.6. The summed E-state index contributed by atoms with van der Waals surface area (Å²) in [6, 6.07) is 17.8. The summed E-state index contributed by atoms with van der Waals surface area (Å²) in [6.45, 7) is 11.1. The summed E-state index contributed by atoms with van der Waals surface area (Å²) >= 11 is 0. The third-order valence-corrected chi connectivity index (χ3v) is 6.61. The predicted octanol–water partition coefficient (Wildman–Crippen LogP) is 8.16. The Morgan fingerprint density at radius 1 is 0.622 bits per heavy atom. The minimum absolute atomic E-state index is 0.0906. The summed E-state index contributed by atoms with van der Waals surface area (Å²) in [5.74, 6) is 2.35. The molecule has 192 valence electrons. The molecular formula is C32H37N3O2. The van der Waals surface area contributed by atoms with Crippen molar-refractivity contribution in [3.63, 3.8) is 0 Å². The highest BCUT2D eigenvalue weighted by Gasteiger charge is 2.17. The Kier molecular flexibility index (Phi) is 8.54.